The lowest BCUT2D eigenvalue weighted by Crippen LogP contribution is -2.38. The van der Waals surface area contributed by atoms with Gasteiger partial charge in [-0.2, -0.15) is 8.42 Å². The van der Waals surface area contributed by atoms with E-state index in [1.54, 1.807) is 0 Å². The molecule has 1 unspecified atom stereocenters. The van der Waals surface area contributed by atoms with Crippen LogP contribution in [0, 0.1) is 0 Å². The normalized spacial score (nSPS) is 13.6. The van der Waals surface area contributed by atoms with Crippen molar-refractivity contribution in [1.29, 1.82) is 0 Å². The lowest BCUT2D eigenvalue weighted by atomic mass is 10.3. The molecule has 0 rings (SSSR count). The monoisotopic (exact) mass is 225 g/mol. The van der Waals surface area contributed by atoms with Gasteiger partial charge in [0.05, 0.1) is 6.61 Å². The van der Waals surface area contributed by atoms with Crippen molar-refractivity contribution < 1.29 is 22.5 Å². The van der Waals surface area contributed by atoms with Crippen LogP contribution in [0.25, 0.3) is 0 Å². The van der Waals surface area contributed by atoms with Gasteiger partial charge in [0, 0.05) is 6.54 Å². The van der Waals surface area contributed by atoms with Gasteiger partial charge in [-0.3, -0.25) is 9.35 Å². The molecule has 0 aliphatic rings. The van der Waals surface area contributed by atoms with Crippen LogP contribution >= 0.6 is 0 Å². The molecule has 0 spiro atoms. The highest BCUT2D eigenvalue weighted by atomic mass is 32.2. The third-order valence-corrected chi connectivity index (χ3v) is 2.68. The first-order chi connectivity index (χ1) is 6.43. The highest BCUT2D eigenvalue weighted by Crippen LogP contribution is 2.01. The lowest BCUT2D eigenvalue weighted by molar-refractivity contribution is -0.143. The molecule has 0 aromatic rings. The molecule has 14 heavy (non-hydrogen) atoms. The summed E-state index contributed by atoms with van der Waals surface area (Å²) in [5, 5.41) is -1.67. The van der Waals surface area contributed by atoms with Crippen LogP contribution in [-0.2, 0) is 19.6 Å². The molecule has 0 aliphatic heterocycles. The van der Waals surface area contributed by atoms with Gasteiger partial charge in [0.2, 0.25) is 0 Å². The molecule has 7 heteroatoms. The van der Waals surface area contributed by atoms with E-state index in [1.807, 2.05) is 6.92 Å². The summed E-state index contributed by atoms with van der Waals surface area (Å²) in [6.45, 7) is 1.56. The van der Waals surface area contributed by atoms with Crippen molar-refractivity contribution in [3.63, 3.8) is 0 Å². The third kappa shape index (κ3) is 4.54. The summed E-state index contributed by atoms with van der Waals surface area (Å²) in [5.74, 6) is -0.997. The maximum atomic E-state index is 11.1. The first kappa shape index (κ1) is 13.3. The summed E-state index contributed by atoms with van der Waals surface area (Å²) in [5.41, 5.74) is 5.02. The maximum absolute atomic E-state index is 11.1. The first-order valence-electron chi connectivity index (χ1n) is 4.26. The van der Waals surface area contributed by atoms with Crippen LogP contribution in [0.2, 0.25) is 0 Å². The topological polar surface area (TPSA) is 107 Å². The van der Waals surface area contributed by atoms with Crippen molar-refractivity contribution in [1.82, 2.24) is 0 Å². The van der Waals surface area contributed by atoms with E-state index in [1.165, 1.54) is 0 Å². The first-order valence-corrected chi connectivity index (χ1v) is 5.76. The van der Waals surface area contributed by atoms with Gasteiger partial charge in [-0.15, -0.1) is 0 Å². The van der Waals surface area contributed by atoms with Crippen molar-refractivity contribution >= 4 is 16.1 Å². The fourth-order valence-corrected chi connectivity index (χ4v) is 1.30. The fraction of sp³-hybridized carbons (Fsp3) is 0.857. The molecule has 0 bridgehead atoms. The van der Waals surface area contributed by atoms with Crippen molar-refractivity contribution in [2.75, 3.05) is 13.2 Å². The zero-order chi connectivity index (χ0) is 11.2. The second-order valence-electron chi connectivity index (χ2n) is 2.76. The SMILES string of the molecule is CCCCOC(=O)C(CN)S(=O)(=O)O. The molecule has 3 N–H and O–H groups in total. The second-order valence-corrected chi connectivity index (χ2v) is 4.36. The lowest BCUT2D eigenvalue weighted by Gasteiger charge is -2.10. The number of nitrogens with two attached hydrogens (primary N) is 1. The summed E-state index contributed by atoms with van der Waals surface area (Å²) >= 11 is 0. The Bertz CT molecular complexity index is 274. The average molecular weight is 225 g/mol. The zero-order valence-corrected chi connectivity index (χ0v) is 8.79. The quantitative estimate of drug-likeness (QED) is 0.360. The number of rotatable bonds is 6. The van der Waals surface area contributed by atoms with Crippen LogP contribution in [0.1, 0.15) is 19.8 Å². The van der Waals surface area contributed by atoms with Gasteiger partial charge in [-0.05, 0) is 6.42 Å². The fourth-order valence-electron chi connectivity index (χ4n) is 0.749. The molecule has 0 amide bonds. The molecule has 0 aromatic carbocycles. The minimum atomic E-state index is -4.45. The smallest absolute Gasteiger partial charge is 0.328 e. The van der Waals surface area contributed by atoms with Gasteiger partial charge < -0.3 is 10.5 Å². The minimum Gasteiger partial charge on any atom is -0.465 e. The Hall–Kier alpha value is -0.660. The summed E-state index contributed by atoms with van der Waals surface area (Å²) in [6, 6.07) is 0. The van der Waals surface area contributed by atoms with E-state index in [-0.39, 0.29) is 6.61 Å². The number of esters is 1. The van der Waals surface area contributed by atoms with Crippen molar-refractivity contribution in [2.24, 2.45) is 5.73 Å². The Morgan fingerprint density at radius 3 is 2.50 bits per heavy atom. The number of hydrogen-bond acceptors (Lipinski definition) is 5. The molecule has 6 nitrogen and oxygen atoms in total. The van der Waals surface area contributed by atoms with Crippen LogP contribution in [0.4, 0.5) is 0 Å². The van der Waals surface area contributed by atoms with E-state index in [4.69, 9.17) is 10.3 Å². The summed E-state index contributed by atoms with van der Waals surface area (Å²) in [6.07, 6.45) is 1.47. The Morgan fingerprint density at radius 1 is 1.57 bits per heavy atom. The molecule has 0 heterocycles. The van der Waals surface area contributed by atoms with Crippen LogP contribution in [-0.4, -0.2) is 37.3 Å². The molecule has 0 fully saturated rings. The largest absolute Gasteiger partial charge is 0.465 e. The van der Waals surface area contributed by atoms with E-state index in [0.717, 1.165) is 6.42 Å². The Morgan fingerprint density at radius 2 is 2.14 bits per heavy atom. The van der Waals surface area contributed by atoms with E-state index in [9.17, 15) is 13.2 Å². The van der Waals surface area contributed by atoms with Gasteiger partial charge >= 0.3 is 5.97 Å². The molecule has 0 saturated carbocycles. The number of hydrogen-bond donors (Lipinski definition) is 2. The number of carbonyl (C=O) groups excluding carboxylic acids is 1. The summed E-state index contributed by atoms with van der Waals surface area (Å²) < 4.78 is 34.4. The van der Waals surface area contributed by atoms with Gasteiger partial charge in [-0.1, -0.05) is 13.3 Å². The van der Waals surface area contributed by atoms with Gasteiger partial charge in [0.1, 0.15) is 0 Å². The Labute approximate surface area is 83.2 Å². The zero-order valence-electron chi connectivity index (χ0n) is 7.97. The summed E-state index contributed by atoms with van der Waals surface area (Å²) in [4.78, 5) is 11.1. The van der Waals surface area contributed by atoms with Gasteiger partial charge in [0.25, 0.3) is 10.1 Å². The number of ether oxygens (including phenoxy) is 1. The highest BCUT2D eigenvalue weighted by Gasteiger charge is 2.30. The van der Waals surface area contributed by atoms with Gasteiger partial charge in [0.15, 0.2) is 5.25 Å². The Kier molecular flexibility index (Phi) is 5.66. The number of unbranched alkanes of at least 4 members (excludes halogenated alkanes) is 1. The van der Waals surface area contributed by atoms with Crippen LogP contribution < -0.4 is 5.73 Å². The van der Waals surface area contributed by atoms with Crippen molar-refractivity contribution in [3.05, 3.63) is 0 Å². The number of carbonyl (C=O) groups is 1. The Balaban J connectivity index is 4.20. The highest BCUT2D eigenvalue weighted by molar-refractivity contribution is 7.87. The maximum Gasteiger partial charge on any atom is 0.328 e. The molecule has 0 aliphatic carbocycles. The molecular weight excluding hydrogens is 210 g/mol. The van der Waals surface area contributed by atoms with Crippen molar-refractivity contribution in [2.45, 2.75) is 25.0 Å². The van der Waals surface area contributed by atoms with E-state index < -0.39 is 27.9 Å². The predicted octanol–water partition coefficient (Wildman–Crippen LogP) is -0.455. The summed E-state index contributed by atoms with van der Waals surface area (Å²) in [7, 11) is -4.45. The predicted molar refractivity (Wildman–Crippen MR) is 50.3 cm³/mol. The van der Waals surface area contributed by atoms with Gasteiger partial charge in [-0.25, -0.2) is 0 Å². The van der Waals surface area contributed by atoms with E-state index in [2.05, 4.69) is 4.74 Å². The average Bonchev–Trinajstić information content (AvgIpc) is 2.03. The molecular formula is C7H15NO5S. The molecule has 84 valence electrons. The van der Waals surface area contributed by atoms with Crippen LogP contribution in [0.3, 0.4) is 0 Å². The molecule has 0 radical (unpaired) electrons. The van der Waals surface area contributed by atoms with Crippen LogP contribution in [0.5, 0.6) is 0 Å². The minimum absolute atomic E-state index is 0.140. The second kappa shape index (κ2) is 5.94. The van der Waals surface area contributed by atoms with E-state index >= 15 is 0 Å². The standard InChI is InChI=1S/C7H15NO5S/c1-2-3-4-13-7(9)6(5-8)14(10,11)12/h6H,2-5,8H2,1H3,(H,10,11,12). The third-order valence-electron chi connectivity index (χ3n) is 1.58. The molecule has 0 saturated heterocycles. The molecule has 0 aromatic heterocycles. The van der Waals surface area contributed by atoms with Crippen LogP contribution in [0.15, 0.2) is 0 Å². The van der Waals surface area contributed by atoms with Crippen molar-refractivity contribution in [3.8, 4) is 0 Å². The van der Waals surface area contributed by atoms with E-state index in [0.29, 0.717) is 6.42 Å². The molecule has 1 atom stereocenters.